The van der Waals surface area contributed by atoms with E-state index in [1.54, 1.807) is 18.2 Å². The monoisotopic (exact) mass is 350 g/mol. The second-order valence-corrected chi connectivity index (χ2v) is 7.37. The summed E-state index contributed by atoms with van der Waals surface area (Å²) in [6.07, 6.45) is 0.112. The van der Waals surface area contributed by atoms with Gasteiger partial charge in [-0.15, -0.1) is 23.5 Å². The third kappa shape index (κ3) is 5.51. The van der Waals surface area contributed by atoms with Crippen molar-refractivity contribution in [3.05, 3.63) is 29.3 Å². The maximum absolute atomic E-state index is 11.2. The fourth-order valence-corrected chi connectivity index (χ4v) is 4.45. The van der Waals surface area contributed by atoms with E-state index < -0.39 is 23.6 Å². The van der Waals surface area contributed by atoms with Gasteiger partial charge in [-0.2, -0.15) is 10.5 Å². The van der Waals surface area contributed by atoms with Gasteiger partial charge in [0.05, 0.1) is 22.1 Å². The molecule has 23 heavy (non-hydrogen) atoms. The van der Waals surface area contributed by atoms with Crippen LogP contribution in [0.5, 0.6) is 0 Å². The topological polar surface area (TPSA) is 122 Å². The minimum atomic E-state index is -1.18. The molecule has 0 spiro atoms. The Bertz CT molecular complexity index is 679. The van der Waals surface area contributed by atoms with Gasteiger partial charge < -0.3 is 10.2 Å². The third-order valence-electron chi connectivity index (χ3n) is 2.80. The van der Waals surface area contributed by atoms with Crippen LogP contribution >= 0.6 is 23.5 Å². The van der Waals surface area contributed by atoms with Crippen LogP contribution in [-0.2, 0) is 9.59 Å². The predicted molar refractivity (Wildman–Crippen MR) is 87.1 cm³/mol. The van der Waals surface area contributed by atoms with Crippen molar-refractivity contribution in [1.29, 1.82) is 10.5 Å². The third-order valence-corrected chi connectivity index (χ3v) is 5.95. The summed E-state index contributed by atoms with van der Waals surface area (Å²) >= 11 is 2.32. The number of thioether (sulfide) groups is 2. The highest BCUT2D eigenvalue weighted by molar-refractivity contribution is 8.17. The molecule has 1 rings (SSSR count). The van der Waals surface area contributed by atoms with E-state index in [9.17, 15) is 14.9 Å². The number of carbonyl (C=O) groups is 2. The van der Waals surface area contributed by atoms with Crippen LogP contribution in [0.1, 0.15) is 30.9 Å². The van der Waals surface area contributed by atoms with Crippen molar-refractivity contribution in [1.82, 2.24) is 0 Å². The van der Waals surface area contributed by atoms with Crippen LogP contribution in [0.25, 0.3) is 0 Å². The quantitative estimate of drug-likeness (QED) is 0.542. The lowest BCUT2D eigenvalue weighted by Crippen LogP contribution is -2.22. The molecule has 0 bridgehead atoms. The van der Waals surface area contributed by atoms with Crippen LogP contribution in [0.4, 0.5) is 0 Å². The summed E-state index contributed by atoms with van der Waals surface area (Å²) in [4.78, 5) is 22.5. The van der Waals surface area contributed by atoms with Gasteiger partial charge in [0.1, 0.15) is 17.4 Å². The second kappa shape index (κ2) is 9.09. The molecular weight excluding hydrogens is 336 g/mol. The van der Waals surface area contributed by atoms with Crippen molar-refractivity contribution in [3.8, 4) is 12.1 Å². The zero-order chi connectivity index (χ0) is 17.4. The van der Waals surface area contributed by atoms with E-state index in [0.717, 1.165) is 11.8 Å². The van der Waals surface area contributed by atoms with Crippen molar-refractivity contribution >= 4 is 35.5 Å². The highest BCUT2D eigenvalue weighted by Crippen LogP contribution is 2.38. The minimum Gasteiger partial charge on any atom is -0.481 e. The number of hydrogen-bond acceptors (Lipinski definition) is 6. The number of benzene rings is 1. The number of aliphatic carboxylic acids is 2. The smallest absolute Gasteiger partial charge is 0.317 e. The molecule has 0 aromatic heterocycles. The lowest BCUT2D eigenvalue weighted by molar-refractivity contribution is -0.142. The summed E-state index contributed by atoms with van der Waals surface area (Å²) in [6.45, 7) is 1.85. The Morgan fingerprint density at radius 3 is 2.43 bits per heavy atom. The van der Waals surface area contributed by atoms with Crippen LogP contribution < -0.4 is 0 Å². The van der Waals surface area contributed by atoms with Gasteiger partial charge in [0, 0.05) is 4.90 Å². The molecule has 8 heteroatoms. The van der Waals surface area contributed by atoms with E-state index in [1.165, 1.54) is 11.8 Å². The first-order valence-corrected chi connectivity index (χ1v) is 8.45. The predicted octanol–water partition coefficient (Wildman–Crippen LogP) is 2.92. The Morgan fingerprint density at radius 2 is 1.96 bits per heavy atom. The molecule has 0 amide bonds. The fourth-order valence-electron chi connectivity index (χ4n) is 1.72. The molecule has 0 aliphatic rings. The molecule has 0 heterocycles. The van der Waals surface area contributed by atoms with Crippen molar-refractivity contribution in [2.75, 3.05) is 0 Å². The van der Waals surface area contributed by atoms with Crippen LogP contribution in [-0.4, -0.2) is 32.0 Å². The lowest BCUT2D eigenvalue weighted by atomic mass is 10.1. The highest BCUT2D eigenvalue weighted by atomic mass is 32.2. The summed E-state index contributed by atoms with van der Waals surface area (Å²) in [7, 11) is 0. The molecule has 2 atom stereocenters. The standard InChI is InChI=1S/C15H14N2O4S2/c1-2-14(23-12(15(20)21)6-13(18)19)22-11-5-3-4-9(7-16)10(11)8-17/h3-5,12,14H,2,6H2,1H3,(H,18,19)(H,20,21). The Hall–Kier alpha value is -2.16. The number of rotatable bonds is 8. The summed E-state index contributed by atoms with van der Waals surface area (Å²) in [5.74, 6) is -2.35. The van der Waals surface area contributed by atoms with Crippen LogP contribution in [0.2, 0.25) is 0 Å². The molecule has 0 radical (unpaired) electrons. The van der Waals surface area contributed by atoms with E-state index >= 15 is 0 Å². The van der Waals surface area contributed by atoms with E-state index in [1.807, 2.05) is 19.1 Å². The zero-order valence-electron chi connectivity index (χ0n) is 12.2. The van der Waals surface area contributed by atoms with Crippen molar-refractivity contribution < 1.29 is 19.8 Å². The molecule has 0 saturated heterocycles. The molecule has 120 valence electrons. The molecule has 1 aromatic rings. The Kier molecular flexibility index (Phi) is 7.46. The van der Waals surface area contributed by atoms with Crippen LogP contribution in [0.15, 0.2) is 23.1 Å². The Morgan fingerprint density at radius 1 is 1.26 bits per heavy atom. The summed E-state index contributed by atoms with van der Waals surface area (Å²) in [5.41, 5.74) is 0.516. The van der Waals surface area contributed by atoms with Gasteiger partial charge in [-0.3, -0.25) is 9.59 Å². The number of carboxylic acids is 2. The number of nitrogens with zero attached hydrogens (tertiary/aromatic N) is 2. The summed E-state index contributed by atoms with van der Waals surface area (Å²) in [6, 6.07) is 8.83. The fraction of sp³-hybridized carbons (Fsp3) is 0.333. The first-order chi connectivity index (χ1) is 10.9. The van der Waals surface area contributed by atoms with Crippen LogP contribution in [0, 0.1) is 22.7 Å². The largest absolute Gasteiger partial charge is 0.481 e. The molecule has 1 aromatic carbocycles. The van der Waals surface area contributed by atoms with Gasteiger partial charge in [0.15, 0.2) is 0 Å². The van der Waals surface area contributed by atoms with E-state index in [4.69, 9.17) is 15.5 Å². The van der Waals surface area contributed by atoms with Gasteiger partial charge in [-0.1, -0.05) is 13.0 Å². The van der Waals surface area contributed by atoms with Gasteiger partial charge in [0.2, 0.25) is 0 Å². The molecule has 6 nitrogen and oxygen atoms in total. The maximum atomic E-state index is 11.2. The summed E-state index contributed by atoms with van der Waals surface area (Å²) < 4.78 is -0.239. The van der Waals surface area contributed by atoms with Gasteiger partial charge in [0.25, 0.3) is 0 Å². The molecule has 2 unspecified atom stereocenters. The SMILES string of the molecule is CCC(Sc1cccc(C#N)c1C#N)SC(CC(=O)O)C(=O)O. The van der Waals surface area contributed by atoms with Crippen molar-refractivity contribution in [3.63, 3.8) is 0 Å². The van der Waals surface area contributed by atoms with Gasteiger partial charge >= 0.3 is 11.9 Å². The Balaban J connectivity index is 2.97. The minimum absolute atomic E-state index is 0.239. The maximum Gasteiger partial charge on any atom is 0.317 e. The highest BCUT2D eigenvalue weighted by Gasteiger charge is 2.26. The molecule has 0 aliphatic heterocycles. The van der Waals surface area contributed by atoms with Crippen LogP contribution in [0.3, 0.4) is 0 Å². The van der Waals surface area contributed by atoms with E-state index in [0.29, 0.717) is 11.3 Å². The normalized spacial score (nSPS) is 12.7. The van der Waals surface area contributed by atoms with E-state index in [2.05, 4.69) is 0 Å². The van der Waals surface area contributed by atoms with Gasteiger partial charge in [-0.05, 0) is 18.6 Å². The number of nitriles is 2. The summed E-state index contributed by atoms with van der Waals surface area (Å²) in [5, 5.41) is 35.1. The molecule has 2 N–H and O–H groups in total. The molecular formula is C15H14N2O4S2. The zero-order valence-corrected chi connectivity index (χ0v) is 13.9. The van der Waals surface area contributed by atoms with Crippen molar-refractivity contribution in [2.45, 2.75) is 34.5 Å². The first kappa shape index (κ1) is 18.9. The van der Waals surface area contributed by atoms with E-state index in [-0.39, 0.29) is 15.7 Å². The lowest BCUT2D eigenvalue weighted by Gasteiger charge is -2.19. The molecule has 0 fully saturated rings. The van der Waals surface area contributed by atoms with Crippen molar-refractivity contribution in [2.24, 2.45) is 0 Å². The Labute approximate surface area is 142 Å². The number of carboxylic acid groups (broad SMARTS) is 2. The average molecular weight is 350 g/mol. The average Bonchev–Trinajstić information content (AvgIpc) is 2.52. The number of hydrogen-bond donors (Lipinski definition) is 2. The first-order valence-electron chi connectivity index (χ1n) is 6.62. The van der Waals surface area contributed by atoms with Gasteiger partial charge in [-0.25, -0.2) is 0 Å². The second-order valence-electron chi connectivity index (χ2n) is 4.42. The molecule has 0 aliphatic carbocycles. The molecule has 0 saturated carbocycles.